The van der Waals surface area contributed by atoms with Crippen LogP contribution in [-0.2, 0) is 10.0 Å². The second-order valence-electron chi connectivity index (χ2n) is 3.61. The lowest BCUT2D eigenvalue weighted by Crippen LogP contribution is -2.31. The van der Waals surface area contributed by atoms with Gasteiger partial charge in [-0.3, -0.25) is 10.1 Å². The number of halogens is 1. The van der Waals surface area contributed by atoms with Gasteiger partial charge in [0.1, 0.15) is 0 Å². The number of hydrogen-bond acceptors (Lipinski definition) is 4. The van der Waals surface area contributed by atoms with Crippen LogP contribution in [0.5, 0.6) is 0 Å². The zero-order chi connectivity index (χ0) is 14.6. The van der Waals surface area contributed by atoms with E-state index in [2.05, 4.69) is 6.58 Å². The van der Waals surface area contributed by atoms with Crippen molar-refractivity contribution in [1.82, 2.24) is 4.31 Å². The Bertz CT molecular complexity index is 601. The van der Waals surface area contributed by atoms with E-state index in [1.807, 2.05) is 0 Å². The van der Waals surface area contributed by atoms with E-state index in [1.54, 1.807) is 6.92 Å². The van der Waals surface area contributed by atoms with Crippen LogP contribution < -0.4 is 0 Å². The minimum Gasteiger partial charge on any atom is -0.258 e. The lowest BCUT2D eigenvalue weighted by molar-refractivity contribution is -0.387. The fourth-order valence-corrected chi connectivity index (χ4v) is 2.92. The van der Waals surface area contributed by atoms with Gasteiger partial charge in [0.25, 0.3) is 0 Å². The highest BCUT2D eigenvalue weighted by Gasteiger charge is 2.25. The van der Waals surface area contributed by atoms with Crippen LogP contribution in [-0.4, -0.2) is 30.7 Å². The first-order valence-corrected chi connectivity index (χ1v) is 6.83. The van der Waals surface area contributed by atoms with Crippen LogP contribution in [0.15, 0.2) is 35.7 Å². The third kappa shape index (κ3) is 3.15. The number of sulfonamides is 1. The second kappa shape index (κ2) is 5.89. The molecule has 104 valence electrons. The van der Waals surface area contributed by atoms with Crippen LogP contribution in [0, 0.1) is 15.9 Å². The van der Waals surface area contributed by atoms with Crippen molar-refractivity contribution in [3.63, 3.8) is 0 Å². The molecule has 0 aliphatic carbocycles. The van der Waals surface area contributed by atoms with Gasteiger partial charge in [0.05, 0.1) is 9.82 Å². The number of nitro groups is 1. The molecule has 1 aromatic carbocycles. The molecule has 0 aliphatic rings. The highest BCUT2D eigenvalue weighted by atomic mass is 32.2. The molecule has 0 unspecified atom stereocenters. The molecule has 0 saturated carbocycles. The Morgan fingerprint density at radius 2 is 2.16 bits per heavy atom. The maximum absolute atomic E-state index is 13.4. The van der Waals surface area contributed by atoms with Crippen LogP contribution >= 0.6 is 0 Å². The summed E-state index contributed by atoms with van der Waals surface area (Å²) in [4.78, 5) is 9.24. The molecule has 0 aliphatic heterocycles. The average Bonchev–Trinajstić information content (AvgIpc) is 2.34. The van der Waals surface area contributed by atoms with Gasteiger partial charge in [-0.25, -0.2) is 8.42 Å². The van der Waals surface area contributed by atoms with E-state index in [4.69, 9.17) is 0 Å². The first-order chi connectivity index (χ1) is 8.84. The van der Waals surface area contributed by atoms with Crippen molar-refractivity contribution in [2.45, 2.75) is 11.8 Å². The second-order valence-corrected chi connectivity index (χ2v) is 5.55. The average molecular weight is 288 g/mol. The van der Waals surface area contributed by atoms with Gasteiger partial charge in [0.2, 0.25) is 15.8 Å². The highest BCUT2D eigenvalue weighted by molar-refractivity contribution is 7.89. The molecule has 0 radical (unpaired) electrons. The largest absolute Gasteiger partial charge is 0.304 e. The summed E-state index contributed by atoms with van der Waals surface area (Å²) >= 11 is 0. The van der Waals surface area contributed by atoms with Gasteiger partial charge >= 0.3 is 5.69 Å². The minimum absolute atomic E-state index is 0.0808. The predicted octanol–water partition coefficient (Wildman–Crippen LogP) is 1.93. The molecule has 0 bridgehead atoms. The summed E-state index contributed by atoms with van der Waals surface area (Å²) < 4.78 is 38.8. The van der Waals surface area contributed by atoms with E-state index < -0.39 is 26.5 Å². The van der Waals surface area contributed by atoms with Gasteiger partial charge in [0, 0.05) is 25.2 Å². The topological polar surface area (TPSA) is 80.5 Å². The Morgan fingerprint density at radius 3 is 2.58 bits per heavy atom. The molecule has 0 spiro atoms. The van der Waals surface area contributed by atoms with Crippen molar-refractivity contribution in [3.05, 3.63) is 46.8 Å². The Balaban J connectivity index is 3.26. The number of hydrogen-bond donors (Lipinski definition) is 0. The van der Waals surface area contributed by atoms with E-state index in [0.29, 0.717) is 6.07 Å². The van der Waals surface area contributed by atoms with Crippen LogP contribution in [0.4, 0.5) is 10.1 Å². The monoisotopic (exact) mass is 288 g/mol. The lowest BCUT2D eigenvalue weighted by atomic mass is 10.3. The van der Waals surface area contributed by atoms with Gasteiger partial charge in [0.15, 0.2) is 0 Å². The molecule has 0 N–H and O–H groups in total. The van der Waals surface area contributed by atoms with Crippen LogP contribution in [0.1, 0.15) is 6.92 Å². The lowest BCUT2D eigenvalue weighted by Gasteiger charge is -2.18. The zero-order valence-corrected chi connectivity index (χ0v) is 11.1. The summed E-state index contributed by atoms with van der Waals surface area (Å²) in [7, 11) is -3.88. The Labute approximate surface area is 110 Å². The number of likely N-dealkylation sites (N-methyl/N-ethyl adjacent to an activating group) is 1. The van der Waals surface area contributed by atoms with Gasteiger partial charge in [-0.15, -0.1) is 6.58 Å². The molecule has 0 atom stereocenters. The quantitative estimate of drug-likeness (QED) is 0.455. The van der Waals surface area contributed by atoms with Crippen LogP contribution in [0.25, 0.3) is 0 Å². The maximum Gasteiger partial charge on any atom is 0.304 e. The van der Waals surface area contributed by atoms with Crippen molar-refractivity contribution in [1.29, 1.82) is 0 Å². The summed E-state index contributed by atoms with van der Waals surface area (Å²) in [5.74, 6) is -1.18. The summed E-state index contributed by atoms with van der Waals surface area (Å²) in [6.07, 6.45) is 1.41. The van der Waals surface area contributed by atoms with Crippen molar-refractivity contribution in [3.8, 4) is 0 Å². The van der Waals surface area contributed by atoms with E-state index in [0.717, 1.165) is 16.4 Å². The minimum atomic E-state index is -3.88. The smallest absolute Gasteiger partial charge is 0.258 e. The molecule has 8 heteroatoms. The van der Waals surface area contributed by atoms with Crippen LogP contribution in [0.2, 0.25) is 0 Å². The van der Waals surface area contributed by atoms with E-state index in [9.17, 15) is 22.9 Å². The molecule has 6 nitrogen and oxygen atoms in total. The van der Waals surface area contributed by atoms with E-state index >= 15 is 0 Å². The fourth-order valence-electron chi connectivity index (χ4n) is 1.49. The first kappa shape index (κ1) is 15.3. The third-order valence-corrected chi connectivity index (χ3v) is 4.38. The Morgan fingerprint density at radius 1 is 1.53 bits per heavy atom. The van der Waals surface area contributed by atoms with Gasteiger partial charge in [-0.2, -0.15) is 8.70 Å². The molecule has 0 fully saturated rings. The zero-order valence-electron chi connectivity index (χ0n) is 10.2. The van der Waals surface area contributed by atoms with Gasteiger partial charge in [-0.05, 0) is 6.07 Å². The number of benzene rings is 1. The van der Waals surface area contributed by atoms with E-state index in [1.165, 1.54) is 6.08 Å². The molecule has 19 heavy (non-hydrogen) atoms. The van der Waals surface area contributed by atoms with E-state index in [-0.39, 0.29) is 18.0 Å². The van der Waals surface area contributed by atoms with Crippen molar-refractivity contribution < 1.29 is 17.7 Å². The first-order valence-electron chi connectivity index (χ1n) is 5.39. The fraction of sp³-hybridized carbons (Fsp3) is 0.273. The van der Waals surface area contributed by atoms with Gasteiger partial charge < -0.3 is 0 Å². The molecule has 1 rings (SSSR count). The predicted molar refractivity (Wildman–Crippen MR) is 67.7 cm³/mol. The molecule has 0 saturated heterocycles. The molecular formula is C11H13FN2O4S. The number of nitrogens with zero attached hydrogens (tertiary/aromatic N) is 2. The molecule has 0 heterocycles. The number of nitro benzene ring substituents is 1. The summed E-state index contributed by atoms with van der Waals surface area (Å²) in [6, 6.07) is 2.51. The van der Waals surface area contributed by atoms with Crippen molar-refractivity contribution in [2.75, 3.05) is 13.1 Å². The third-order valence-electron chi connectivity index (χ3n) is 2.44. The Kier molecular flexibility index (Phi) is 4.73. The molecule has 1 aromatic rings. The van der Waals surface area contributed by atoms with Crippen molar-refractivity contribution >= 4 is 15.7 Å². The molecule has 0 amide bonds. The maximum atomic E-state index is 13.4. The summed E-state index contributed by atoms with van der Waals surface area (Å²) in [6.45, 7) is 5.34. The highest BCUT2D eigenvalue weighted by Crippen LogP contribution is 2.23. The summed E-state index contributed by atoms with van der Waals surface area (Å²) in [5, 5.41) is 10.5. The number of rotatable bonds is 6. The normalized spacial score (nSPS) is 11.5. The van der Waals surface area contributed by atoms with Crippen LogP contribution in [0.3, 0.4) is 0 Å². The molecule has 0 aromatic heterocycles. The SMILES string of the molecule is C=CCN(CC)S(=O)(=O)c1ccc([N+](=O)[O-])c(F)c1. The Hall–Kier alpha value is -1.80. The van der Waals surface area contributed by atoms with Gasteiger partial charge in [-0.1, -0.05) is 13.0 Å². The standard InChI is InChI=1S/C11H13FN2O4S/c1-3-7-13(4-2)19(17,18)9-5-6-11(14(15)16)10(12)8-9/h3,5-6,8H,1,4,7H2,2H3. The van der Waals surface area contributed by atoms with Crippen molar-refractivity contribution in [2.24, 2.45) is 0 Å². The summed E-state index contributed by atoms with van der Waals surface area (Å²) in [5.41, 5.74) is -0.759. The molecular weight excluding hydrogens is 275 g/mol.